The molecule has 0 aromatic heterocycles. The largest absolute Gasteiger partial charge is 0.496 e. The molecule has 0 N–H and O–H groups in total. The highest BCUT2D eigenvalue weighted by molar-refractivity contribution is 9.10. The summed E-state index contributed by atoms with van der Waals surface area (Å²) in [6.45, 7) is 8.62. The van der Waals surface area contributed by atoms with Gasteiger partial charge in [0.2, 0.25) is 0 Å². The van der Waals surface area contributed by atoms with Gasteiger partial charge in [-0.2, -0.15) is 0 Å². The van der Waals surface area contributed by atoms with Gasteiger partial charge in [-0.25, -0.2) is 4.79 Å². The van der Waals surface area contributed by atoms with Crippen LogP contribution in [0.4, 0.5) is 0 Å². The predicted molar refractivity (Wildman–Crippen MR) is 111 cm³/mol. The number of hydrogen-bond donors (Lipinski definition) is 0. The molecular formula is C22H25BrO3. The van der Waals surface area contributed by atoms with Gasteiger partial charge in [0, 0.05) is 15.6 Å². The van der Waals surface area contributed by atoms with E-state index in [0.717, 1.165) is 26.9 Å². The topological polar surface area (TPSA) is 35.5 Å². The van der Waals surface area contributed by atoms with Crippen LogP contribution in [0.1, 0.15) is 54.7 Å². The van der Waals surface area contributed by atoms with Crippen molar-refractivity contribution in [1.82, 2.24) is 0 Å². The lowest BCUT2D eigenvalue weighted by atomic mass is 9.85. The Morgan fingerprint density at radius 1 is 1.12 bits per heavy atom. The Balaban J connectivity index is 2.50. The number of rotatable bonds is 5. The SMILES string of the molecule is CCOC(=O)c1ccccc1/C=C/c1cc(Br)cc(C(C)(C)C)c1OC. The fourth-order valence-electron chi connectivity index (χ4n) is 2.74. The van der Waals surface area contributed by atoms with Gasteiger partial charge in [-0.1, -0.05) is 67.1 Å². The van der Waals surface area contributed by atoms with Crippen molar-refractivity contribution in [3.8, 4) is 5.75 Å². The summed E-state index contributed by atoms with van der Waals surface area (Å²) in [4.78, 5) is 12.2. The molecule has 0 fully saturated rings. The normalized spacial score (nSPS) is 11.6. The van der Waals surface area contributed by atoms with E-state index in [0.29, 0.717) is 12.2 Å². The van der Waals surface area contributed by atoms with E-state index in [9.17, 15) is 4.79 Å². The molecule has 2 aromatic carbocycles. The summed E-state index contributed by atoms with van der Waals surface area (Å²) in [7, 11) is 1.68. The zero-order valence-corrected chi connectivity index (χ0v) is 17.5. The molecule has 2 aromatic rings. The molecule has 0 saturated heterocycles. The summed E-state index contributed by atoms with van der Waals surface area (Å²) in [5.74, 6) is 0.523. The van der Waals surface area contributed by atoms with Crippen molar-refractivity contribution >= 4 is 34.1 Å². The molecule has 0 saturated carbocycles. The van der Waals surface area contributed by atoms with Gasteiger partial charge in [0.1, 0.15) is 5.75 Å². The van der Waals surface area contributed by atoms with Gasteiger partial charge < -0.3 is 9.47 Å². The van der Waals surface area contributed by atoms with E-state index in [1.54, 1.807) is 20.1 Å². The van der Waals surface area contributed by atoms with Crippen molar-refractivity contribution < 1.29 is 14.3 Å². The molecule has 0 unspecified atom stereocenters. The number of esters is 1. The molecule has 0 aliphatic carbocycles. The van der Waals surface area contributed by atoms with Gasteiger partial charge in [0.05, 0.1) is 19.3 Å². The van der Waals surface area contributed by atoms with Gasteiger partial charge in [-0.15, -0.1) is 0 Å². The second-order valence-electron chi connectivity index (χ2n) is 6.97. The second kappa shape index (κ2) is 8.54. The molecule has 0 amide bonds. The van der Waals surface area contributed by atoms with Crippen LogP contribution in [0, 0.1) is 0 Å². The molecule has 3 nitrogen and oxygen atoms in total. The lowest BCUT2D eigenvalue weighted by molar-refractivity contribution is 0.0526. The quantitative estimate of drug-likeness (QED) is 0.436. The fraction of sp³-hybridized carbons (Fsp3) is 0.318. The van der Waals surface area contributed by atoms with Crippen LogP contribution < -0.4 is 4.74 Å². The lowest BCUT2D eigenvalue weighted by Gasteiger charge is -2.24. The Hall–Kier alpha value is -2.07. The standard InChI is InChI=1S/C22H25BrO3/c1-6-26-21(24)18-10-8-7-9-15(18)11-12-16-13-17(23)14-19(20(16)25-5)22(2,3)4/h7-14H,6H2,1-5H3/b12-11+. The van der Waals surface area contributed by atoms with Gasteiger partial charge in [-0.3, -0.25) is 0 Å². The summed E-state index contributed by atoms with van der Waals surface area (Å²) in [6, 6.07) is 11.5. The van der Waals surface area contributed by atoms with Crippen molar-refractivity contribution in [2.45, 2.75) is 33.1 Å². The van der Waals surface area contributed by atoms with Crippen molar-refractivity contribution in [2.24, 2.45) is 0 Å². The molecule has 4 heteroatoms. The van der Waals surface area contributed by atoms with Crippen LogP contribution in [-0.2, 0) is 10.2 Å². The third-order valence-corrected chi connectivity index (χ3v) is 4.45. The molecule has 0 spiro atoms. The number of methoxy groups -OCH3 is 1. The monoisotopic (exact) mass is 416 g/mol. The lowest BCUT2D eigenvalue weighted by Crippen LogP contribution is -2.13. The molecule has 0 aliphatic heterocycles. The number of carbonyl (C=O) groups excluding carboxylic acids is 1. The van der Waals surface area contributed by atoms with Crippen molar-refractivity contribution in [2.75, 3.05) is 13.7 Å². The Kier molecular flexibility index (Phi) is 6.65. The smallest absolute Gasteiger partial charge is 0.338 e. The molecule has 26 heavy (non-hydrogen) atoms. The van der Waals surface area contributed by atoms with Crippen LogP contribution in [0.15, 0.2) is 40.9 Å². The van der Waals surface area contributed by atoms with Crippen LogP contribution in [-0.4, -0.2) is 19.7 Å². The van der Waals surface area contributed by atoms with Gasteiger partial charge >= 0.3 is 5.97 Å². The Morgan fingerprint density at radius 3 is 2.38 bits per heavy atom. The third kappa shape index (κ3) is 4.76. The number of halogens is 1. The van der Waals surface area contributed by atoms with Crippen molar-refractivity contribution in [3.05, 3.63) is 63.1 Å². The highest BCUT2D eigenvalue weighted by Gasteiger charge is 2.21. The summed E-state index contributed by atoms with van der Waals surface area (Å²) in [5, 5.41) is 0. The fourth-order valence-corrected chi connectivity index (χ4v) is 3.22. The minimum atomic E-state index is -0.315. The summed E-state index contributed by atoms with van der Waals surface area (Å²) >= 11 is 3.59. The zero-order chi connectivity index (χ0) is 19.3. The highest BCUT2D eigenvalue weighted by atomic mass is 79.9. The minimum Gasteiger partial charge on any atom is -0.496 e. The maximum absolute atomic E-state index is 12.2. The number of carbonyl (C=O) groups is 1. The summed E-state index contributed by atoms with van der Waals surface area (Å²) in [5.41, 5.74) is 3.37. The first-order valence-electron chi connectivity index (χ1n) is 8.60. The van der Waals surface area contributed by atoms with E-state index in [1.807, 2.05) is 36.4 Å². The number of ether oxygens (including phenoxy) is 2. The van der Waals surface area contributed by atoms with Crippen LogP contribution >= 0.6 is 15.9 Å². The molecule has 2 rings (SSSR count). The maximum Gasteiger partial charge on any atom is 0.338 e. The van der Waals surface area contributed by atoms with Crippen molar-refractivity contribution in [1.29, 1.82) is 0 Å². The highest BCUT2D eigenvalue weighted by Crippen LogP contribution is 2.37. The molecular weight excluding hydrogens is 392 g/mol. The van der Waals surface area contributed by atoms with Crippen LogP contribution in [0.5, 0.6) is 5.75 Å². The minimum absolute atomic E-state index is 0.0550. The predicted octanol–water partition coefficient (Wildman–Crippen LogP) is 6.10. The summed E-state index contributed by atoms with van der Waals surface area (Å²) < 4.78 is 11.8. The molecule has 0 radical (unpaired) electrons. The third-order valence-electron chi connectivity index (χ3n) is 3.99. The molecule has 0 heterocycles. The summed E-state index contributed by atoms with van der Waals surface area (Å²) in [6.07, 6.45) is 3.89. The van der Waals surface area contributed by atoms with E-state index in [4.69, 9.17) is 9.47 Å². The van der Waals surface area contributed by atoms with Gasteiger partial charge in [0.15, 0.2) is 0 Å². The molecule has 138 valence electrons. The number of benzene rings is 2. The van der Waals surface area contributed by atoms with E-state index in [-0.39, 0.29) is 11.4 Å². The Morgan fingerprint density at radius 2 is 1.77 bits per heavy atom. The van der Waals surface area contributed by atoms with Crippen LogP contribution in [0.2, 0.25) is 0 Å². The molecule has 0 bridgehead atoms. The van der Waals surface area contributed by atoms with E-state index in [1.165, 1.54) is 0 Å². The van der Waals surface area contributed by atoms with Crippen molar-refractivity contribution in [3.63, 3.8) is 0 Å². The average Bonchev–Trinajstić information content (AvgIpc) is 2.59. The molecule has 0 atom stereocenters. The number of hydrogen-bond acceptors (Lipinski definition) is 3. The first-order chi connectivity index (χ1) is 12.3. The van der Waals surface area contributed by atoms with Gasteiger partial charge in [0.25, 0.3) is 0 Å². The van der Waals surface area contributed by atoms with E-state index >= 15 is 0 Å². The average molecular weight is 417 g/mol. The van der Waals surface area contributed by atoms with Gasteiger partial charge in [-0.05, 0) is 36.1 Å². The van der Waals surface area contributed by atoms with E-state index in [2.05, 4.69) is 42.8 Å². The van der Waals surface area contributed by atoms with E-state index < -0.39 is 0 Å². The Bertz CT molecular complexity index is 817. The second-order valence-corrected chi connectivity index (χ2v) is 7.88. The van der Waals surface area contributed by atoms with Crippen LogP contribution in [0.25, 0.3) is 12.2 Å². The molecule has 0 aliphatic rings. The maximum atomic E-state index is 12.2. The zero-order valence-electron chi connectivity index (χ0n) is 15.9. The Labute approximate surface area is 164 Å². The first kappa shape index (κ1) is 20.2. The first-order valence-corrected chi connectivity index (χ1v) is 9.39. The van der Waals surface area contributed by atoms with Crippen LogP contribution in [0.3, 0.4) is 0 Å².